The van der Waals surface area contributed by atoms with Gasteiger partial charge in [0.05, 0.1) is 12.0 Å². The van der Waals surface area contributed by atoms with Crippen LogP contribution in [0.25, 0.3) is 21.3 Å². The number of anilines is 1. The molecule has 1 aromatic carbocycles. The topological polar surface area (TPSA) is 95.3 Å². The van der Waals surface area contributed by atoms with E-state index in [1.165, 1.54) is 29.8 Å². The van der Waals surface area contributed by atoms with Crippen molar-refractivity contribution in [2.45, 2.75) is 13.0 Å². The van der Waals surface area contributed by atoms with Gasteiger partial charge in [0.25, 0.3) is 0 Å². The Morgan fingerprint density at radius 3 is 2.67 bits per heavy atom. The summed E-state index contributed by atoms with van der Waals surface area (Å²) < 4.78 is 13.2. The summed E-state index contributed by atoms with van der Waals surface area (Å²) in [5.41, 5.74) is 1.61. The number of carboxylic acids is 1. The zero-order chi connectivity index (χ0) is 17.3. The first-order valence-corrected chi connectivity index (χ1v) is 7.93. The lowest BCUT2D eigenvalue weighted by molar-refractivity contribution is -0.138. The molecule has 0 spiro atoms. The van der Waals surface area contributed by atoms with Gasteiger partial charge in [-0.3, -0.25) is 0 Å². The van der Waals surface area contributed by atoms with Crippen LogP contribution in [0.3, 0.4) is 0 Å². The van der Waals surface area contributed by atoms with Crippen molar-refractivity contribution >= 4 is 33.3 Å². The SMILES string of the molecule is Cc1sc2ncnc(NC(CO)C(=O)O)c2c1-c1ccc(F)cc1. The number of hydrogen-bond donors (Lipinski definition) is 3. The number of aryl methyl sites for hydroxylation is 1. The van der Waals surface area contributed by atoms with Crippen LogP contribution in [0.2, 0.25) is 0 Å². The molecule has 124 valence electrons. The van der Waals surface area contributed by atoms with Crippen LogP contribution in [0.4, 0.5) is 10.2 Å². The lowest BCUT2D eigenvalue weighted by Crippen LogP contribution is -2.33. The van der Waals surface area contributed by atoms with Crippen LogP contribution in [0.1, 0.15) is 4.88 Å². The number of hydrogen-bond acceptors (Lipinski definition) is 6. The third-order valence-electron chi connectivity index (χ3n) is 3.59. The highest BCUT2D eigenvalue weighted by molar-refractivity contribution is 7.19. The summed E-state index contributed by atoms with van der Waals surface area (Å²) in [6.45, 7) is 1.34. The Hall–Kier alpha value is -2.58. The van der Waals surface area contributed by atoms with E-state index in [0.29, 0.717) is 16.0 Å². The summed E-state index contributed by atoms with van der Waals surface area (Å²) in [5, 5.41) is 21.7. The van der Waals surface area contributed by atoms with Crippen molar-refractivity contribution in [1.29, 1.82) is 0 Å². The number of aliphatic carboxylic acids is 1. The number of aliphatic hydroxyl groups is 1. The van der Waals surface area contributed by atoms with Crippen molar-refractivity contribution in [2.75, 3.05) is 11.9 Å². The Morgan fingerprint density at radius 2 is 2.04 bits per heavy atom. The lowest BCUT2D eigenvalue weighted by atomic mass is 10.0. The highest BCUT2D eigenvalue weighted by atomic mass is 32.1. The average molecular weight is 347 g/mol. The van der Waals surface area contributed by atoms with E-state index in [1.807, 2.05) is 6.92 Å². The molecule has 3 rings (SSSR count). The molecule has 8 heteroatoms. The number of carbonyl (C=O) groups is 1. The van der Waals surface area contributed by atoms with E-state index < -0.39 is 18.6 Å². The summed E-state index contributed by atoms with van der Waals surface area (Å²) in [5.74, 6) is -1.19. The van der Waals surface area contributed by atoms with E-state index in [2.05, 4.69) is 15.3 Å². The molecule has 3 aromatic rings. The van der Waals surface area contributed by atoms with Gasteiger partial charge in [0.1, 0.15) is 28.8 Å². The number of halogens is 1. The van der Waals surface area contributed by atoms with Crippen LogP contribution >= 0.6 is 11.3 Å². The van der Waals surface area contributed by atoms with E-state index >= 15 is 0 Å². The molecule has 1 atom stereocenters. The summed E-state index contributed by atoms with van der Waals surface area (Å²) in [6.07, 6.45) is 1.34. The van der Waals surface area contributed by atoms with E-state index in [9.17, 15) is 14.3 Å². The first-order chi connectivity index (χ1) is 11.5. The van der Waals surface area contributed by atoms with Crippen molar-refractivity contribution in [3.05, 3.63) is 41.3 Å². The van der Waals surface area contributed by atoms with E-state index in [-0.39, 0.29) is 5.82 Å². The molecule has 0 radical (unpaired) electrons. The second kappa shape index (κ2) is 6.50. The Balaban J connectivity index is 2.17. The molecule has 0 saturated carbocycles. The van der Waals surface area contributed by atoms with Gasteiger partial charge in [-0.15, -0.1) is 11.3 Å². The van der Waals surface area contributed by atoms with Gasteiger partial charge in [0.2, 0.25) is 0 Å². The first kappa shape index (κ1) is 16.3. The number of thiophene rings is 1. The minimum atomic E-state index is -1.18. The fourth-order valence-electron chi connectivity index (χ4n) is 2.47. The summed E-state index contributed by atoms with van der Waals surface area (Å²) >= 11 is 1.44. The van der Waals surface area contributed by atoms with Crippen LogP contribution in [0.15, 0.2) is 30.6 Å². The van der Waals surface area contributed by atoms with Gasteiger partial charge < -0.3 is 15.5 Å². The van der Waals surface area contributed by atoms with Gasteiger partial charge in [0, 0.05) is 10.4 Å². The molecule has 3 N–H and O–H groups in total. The van der Waals surface area contributed by atoms with E-state index in [0.717, 1.165) is 16.0 Å². The molecule has 0 aliphatic rings. The Kier molecular flexibility index (Phi) is 4.41. The number of benzene rings is 1. The van der Waals surface area contributed by atoms with Gasteiger partial charge in [0.15, 0.2) is 0 Å². The van der Waals surface area contributed by atoms with E-state index in [4.69, 9.17) is 5.11 Å². The third kappa shape index (κ3) is 2.93. The normalized spacial score (nSPS) is 12.3. The van der Waals surface area contributed by atoms with Gasteiger partial charge in [-0.05, 0) is 24.6 Å². The predicted molar refractivity (Wildman–Crippen MR) is 89.7 cm³/mol. The monoisotopic (exact) mass is 347 g/mol. The molecule has 0 fully saturated rings. The second-order valence-electron chi connectivity index (χ2n) is 5.16. The number of aliphatic hydroxyl groups excluding tert-OH is 1. The average Bonchev–Trinajstić information content (AvgIpc) is 2.89. The highest BCUT2D eigenvalue weighted by Gasteiger charge is 2.21. The molecular formula is C16H14FN3O3S. The fraction of sp³-hybridized carbons (Fsp3) is 0.188. The Morgan fingerprint density at radius 1 is 1.33 bits per heavy atom. The minimum absolute atomic E-state index is 0.324. The summed E-state index contributed by atoms with van der Waals surface area (Å²) in [6, 6.07) is 4.86. The smallest absolute Gasteiger partial charge is 0.328 e. The molecule has 2 heterocycles. The summed E-state index contributed by atoms with van der Waals surface area (Å²) in [4.78, 5) is 21.2. The molecule has 24 heavy (non-hydrogen) atoms. The first-order valence-electron chi connectivity index (χ1n) is 7.11. The van der Waals surface area contributed by atoms with Crippen molar-refractivity contribution in [1.82, 2.24) is 9.97 Å². The number of aromatic nitrogens is 2. The molecule has 6 nitrogen and oxygen atoms in total. The minimum Gasteiger partial charge on any atom is -0.480 e. The molecule has 2 aromatic heterocycles. The predicted octanol–water partition coefficient (Wildman–Crippen LogP) is 2.66. The molecule has 0 saturated heterocycles. The maximum atomic E-state index is 13.2. The number of rotatable bonds is 5. The third-order valence-corrected chi connectivity index (χ3v) is 4.60. The van der Waals surface area contributed by atoms with Crippen molar-refractivity contribution < 1.29 is 19.4 Å². The second-order valence-corrected chi connectivity index (χ2v) is 6.36. The van der Waals surface area contributed by atoms with Crippen molar-refractivity contribution in [2.24, 2.45) is 0 Å². The van der Waals surface area contributed by atoms with Gasteiger partial charge >= 0.3 is 5.97 Å². The Bertz CT molecular complexity index is 895. The van der Waals surface area contributed by atoms with Crippen LogP contribution in [-0.2, 0) is 4.79 Å². The molecule has 1 unspecified atom stereocenters. The fourth-order valence-corrected chi connectivity index (χ4v) is 3.48. The van der Waals surface area contributed by atoms with Gasteiger partial charge in [-0.25, -0.2) is 19.2 Å². The van der Waals surface area contributed by atoms with Crippen molar-refractivity contribution in [3.63, 3.8) is 0 Å². The maximum absolute atomic E-state index is 13.2. The zero-order valence-corrected chi connectivity index (χ0v) is 13.5. The molecule has 0 bridgehead atoms. The van der Waals surface area contributed by atoms with Crippen LogP contribution < -0.4 is 5.32 Å². The van der Waals surface area contributed by atoms with Gasteiger partial charge in [-0.1, -0.05) is 12.1 Å². The molecule has 0 amide bonds. The van der Waals surface area contributed by atoms with Crippen LogP contribution in [0, 0.1) is 12.7 Å². The maximum Gasteiger partial charge on any atom is 0.328 e. The number of carboxylic acid groups (broad SMARTS) is 1. The zero-order valence-electron chi connectivity index (χ0n) is 12.7. The van der Waals surface area contributed by atoms with Crippen molar-refractivity contribution in [3.8, 4) is 11.1 Å². The van der Waals surface area contributed by atoms with Gasteiger partial charge in [-0.2, -0.15) is 0 Å². The standard InChI is InChI=1S/C16H14FN3O3S/c1-8-12(9-2-4-10(17)5-3-9)13-14(18-7-19-15(13)24-8)20-11(6-21)16(22)23/h2-5,7,11,21H,6H2,1H3,(H,22,23)(H,18,19,20). The number of nitrogens with zero attached hydrogens (tertiary/aromatic N) is 2. The molecular weight excluding hydrogens is 333 g/mol. The number of fused-ring (bicyclic) bond motifs is 1. The highest BCUT2D eigenvalue weighted by Crippen LogP contribution is 2.40. The van der Waals surface area contributed by atoms with Crippen LogP contribution in [-0.4, -0.2) is 38.8 Å². The van der Waals surface area contributed by atoms with Crippen LogP contribution in [0.5, 0.6) is 0 Å². The molecule has 0 aliphatic carbocycles. The quantitative estimate of drug-likeness (QED) is 0.657. The summed E-state index contributed by atoms with van der Waals surface area (Å²) in [7, 11) is 0. The van der Waals surface area contributed by atoms with E-state index in [1.54, 1.807) is 12.1 Å². The Labute approximate surface area is 140 Å². The molecule has 0 aliphatic heterocycles. The largest absolute Gasteiger partial charge is 0.480 e. The lowest BCUT2D eigenvalue weighted by Gasteiger charge is -2.13. The number of nitrogens with one attached hydrogen (secondary N) is 1.